The fourth-order valence-corrected chi connectivity index (χ4v) is 3.43. The van der Waals surface area contributed by atoms with E-state index in [0.29, 0.717) is 5.11 Å². The van der Waals surface area contributed by atoms with Crippen molar-refractivity contribution in [2.45, 2.75) is 40.3 Å². The molecule has 0 fully saturated rings. The zero-order chi connectivity index (χ0) is 19.4. The molecule has 1 aromatic heterocycles. The van der Waals surface area contributed by atoms with Gasteiger partial charge in [0.2, 0.25) is 0 Å². The second kappa shape index (κ2) is 8.35. The van der Waals surface area contributed by atoms with E-state index in [-0.39, 0.29) is 6.04 Å². The molecule has 0 bridgehead atoms. The average molecular weight is 379 g/mol. The van der Waals surface area contributed by atoms with Crippen LogP contribution in [0.1, 0.15) is 41.0 Å². The lowest BCUT2D eigenvalue weighted by molar-refractivity contribution is 0.657. The summed E-state index contributed by atoms with van der Waals surface area (Å²) < 4.78 is 2.03. The van der Waals surface area contributed by atoms with Gasteiger partial charge in [-0.15, -0.1) is 0 Å². The van der Waals surface area contributed by atoms with Crippen LogP contribution in [0.15, 0.2) is 54.6 Å². The minimum Gasteiger partial charge on any atom is -0.356 e. The summed E-state index contributed by atoms with van der Waals surface area (Å²) in [5.41, 5.74) is 6.73. The molecular formula is C22H26N4S. The van der Waals surface area contributed by atoms with Crippen LogP contribution in [0, 0.1) is 20.8 Å². The summed E-state index contributed by atoms with van der Waals surface area (Å²) in [5, 5.41) is 12.0. The lowest BCUT2D eigenvalue weighted by Gasteiger charge is -2.17. The van der Waals surface area contributed by atoms with Crippen molar-refractivity contribution in [3.8, 4) is 0 Å². The Kier molecular flexibility index (Phi) is 5.91. The summed E-state index contributed by atoms with van der Waals surface area (Å²) in [6.45, 7) is 9.06. The maximum Gasteiger partial charge on any atom is 0.171 e. The van der Waals surface area contributed by atoms with Crippen LogP contribution in [0.5, 0.6) is 0 Å². The van der Waals surface area contributed by atoms with E-state index in [2.05, 4.69) is 67.8 Å². The van der Waals surface area contributed by atoms with Gasteiger partial charge in [-0.3, -0.25) is 4.68 Å². The van der Waals surface area contributed by atoms with Gasteiger partial charge in [0.15, 0.2) is 5.11 Å². The summed E-state index contributed by atoms with van der Waals surface area (Å²) in [5.74, 6) is 0. The Balaban J connectivity index is 1.71. The van der Waals surface area contributed by atoms with Gasteiger partial charge >= 0.3 is 0 Å². The molecule has 2 aromatic carbocycles. The molecule has 1 atom stereocenters. The number of nitrogens with zero attached hydrogens (tertiary/aromatic N) is 2. The Bertz CT molecular complexity index is 931. The van der Waals surface area contributed by atoms with Crippen LogP contribution >= 0.6 is 12.2 Å². The van der Waals surface area contributed by atoms with Gasteiger partial charge < -0.3 is 10.6 Å². The molecule has 1 heterocycles. The van der Waals surface area contributed by atoms with Crippen molar-refractivity contribution in [3.05, 3.63) is 82.7 Å². The molecule has 0 saturated carbocycles. The quantitative estimate of drug-likeness (QED) is 0.620. The number of thiocarbonyl (C=S) groups is 1. The van der Waals surface area contributed by atoms with Crippen LogP contribution in [0.4, 0.5) is 5.69 Å². The molecule has 0 saturated heterocycles. The minimum absolute atomic E-state index is 0.133. The Morgan fingerprint density at radius 1 is 1.04 bits per heavy atom. The van der Waals surface area contributed by atoms with Crippen LogP contribution < -0.4 is 10.6 Å². The highest BCUT2D eigenvalue weighted by molar-refractivity contribution is 7.80. The third-order valence-corrected chi connectivity index (χ3v) is 5.07. The first-order valence-electron chi connectivity index (χ1n) is 9.16. The maximum atomic E-state index is 5.53. The van der Waals surface area contributed by atoms with E-state index in [4.69, 9.17) is 17.3 Å². The summed E-state index contributed by atoms with van der Waals surface area (Å²) in [4.78, 5) is 0. The average Bonchev–Trinajstić information content (AvgIpc) is 2.91. The highest BCUT2D eigenvalue weighted by atomic mass is 32.1. The summed E-state index contributed by atoms with van der Waals surface area (Å²) in [6, 6.07) is 18.8. The molecule has 5 heteroatoms. The Hall–Kier alpha value is -2.66. The number of nitrogens with one attached hydrogen (secondary N) is 2. The van der Waals surface area contributed by atoms with Gasteiger partial charge in [0.25, 0.3) is 0 Å². The zero-order valence-electron chi connectivity index (χ0n) is 16.3. The molecule has 0 amide bonds. The summed E-state index contributed by atoms with van der Waals surface area (Å²) >= 11 is 5.53. The first-order valence-corrected chi connectivity index (χ1v) is 9.57. The topological polar surface area (TPSA) is 41.9 Å². The molecule has 140 valence electrons. The number of hydrogen-bond acceptors (Lipinski definition) is 2. The normalized spacial score (nSPS) is 11.9. The molecule has 2 N–H and O–H groups in total. The van der Waals surface area contributed by atoms with E-state index >= 15 is 0 Å². The minimum atomic E-state index is 0.133. The predicted octanol–water partition coefficient (Wildman–Crippen LogP) is 4.90. The second-order valence-electron chi connectivity index (χ2n) is 6.86. The standard InChI is InChI=1S/C22H26N4S/c1-15-10-8-9-13-20(15)14-26-18(4)21(17(3)25-26)24-22(27)23-16(2)19-11-6-5-7-12-19/h5-13,16H,14H2,1-4H3,(H2,23,24,27). The van der Waals surface area contributed by atoms with Crippen LogP contribution in [0.2, 0.25) is 0 Å². The van der Waals surface area contributed by atoms with Gasteiger partial charge in [-0.25, -0.2) is 0 Å². The number of anilines is 1. The maximum absolute atomic E-state index is 5.53. The van der Waals surface area contributed by atoms with Crippen molar-refractivity contribution in [1.29, 1.82) is 0 Å². The first-order chi connectivity index (χ1) is 13.0. The molecule has 3 aromatic rings. The van der Waals surface area contributed by atoms with Gasteiger partial charge in [0.05, 0.1) is 29.7 Å². The summed E-state index contributed by atoms with van der Waals surface area (Å²) in [6.07, 6.45) is 0. The number of aryl methyl sites for hydroxylation is 2. The van der Waals surface area contributed by atoms with Crippen LogP contribution in [-0.4, -0.2) is 14.9 Å². The Morgan fingerprint density at radius 3 is 2.41 bits per heavy atom. The third kappa shape index (κ3) is 4.55. The van der Waals surface area contributed by atoms with Crippen molar-refractivity contribution < 1.29 is 0 Å². The zero-order valence-corrected chi connectivity index (χ0v) is 17.1. The SMILES string of the molecule is Cc1ccccc1Cn1nc(C)c(NC(=S)NC(C)c2ccccc2)c1C. The molecule has 1 unspecified atom stereocenters. The highest BCUT2D eigenvalue weighted by Gasteiger charge is 2.14. The van der Waals surface area contributed by atoms with Crippen LogP contribution in [0.25, 0.3) is 0 Å². The van der Waals surface area contributed by atoms with Crippen molar-refractivity contribution >= 4 is 23.0 Å². The van der Waals surface area contributed by atoms with E-state index in [9.17, 15) is 0 Å². The van der Waals surface area contributed by atoms with Crippen molar-refractivity contribution in [3.63, 3.8) is 0 Å². The lowest BCUT2D eigenvalue weighted by atomic mass is 10.1. The number of aromatic nitrogens is 2. The fraction of sp³-hybridized carbons (Fsp3) is 0.273. The number of hydrogen-bond donors (Lipinski definition) is 2. The highest BCUT2D eigenvalue weighted by Crippen LogP contribution is 2.21. The third-order valence-electron chi connectivity index (χ3n) is 4.85. The molecule has 0 radical (unpaired) electrons. The lowest BCUT2D eigenvalue weighted by Crippen LogP contribution is -2.31. The monoisotopic (exact) mass is 378 g/mol. The van der Waals surface area contributed by atoms with Crippen molar-refractivity contribution in [2.24, 2.45) is 0 Å². The van der Waals surface area contributed by atoms with E-state index < -0.39 is 0 Å². The Morgan fingerprint density at radius 2 is 1.70 bits per heavy atom. The van der Waals surface area contributed by atoms with Crippen molar-refractivity contribution in [2.75, 3.05) is 5.32 Å². The summed E-state index contributed by atoms with van der Waals surface area (Å²) in [7, 11) is 0. The van der Waals surface area contributed by atoms with Gasteiger partial charge in [0, 0.05) is 0 Å². The van der Waals surface area contributed by atoms with Gasteiger partial charge in [-0.1, -0.05) is 54.6 Å². The predicted molar refractivity (Wildman–Crippen MR) is 116 cm³/mol. The molecule has 4 nitrogen and oxygen atoms in total. The molecule has 0 aliphatic carbocycles. The second-order valence-corrected chi connectivity index (χ2v) is 7.27. The molecule has 0 spiro atoms. The Labute approximate surface area is 166 Å². The van der Waals surface area contributed by atoms with E-state index in [1.807, 2.05) is 29.8 Å². The molecule has 0 aliphatic rings. The molecule has 3 rings (SSSR count). The number of rotatable bonds is 5. The van der Waals surface area contributed by atoms with Crippen LogP contribution in [-0.2, 0) is 6.54 Å². The van der Waals surface area contributed by atoms with Gasteiger partial charge in [0.1, 0.15) is 0 Å². The number of benzene rings is 2. The van der Waals surface area contributed by atoms with E-state index in [1.165, 1.54) is 16.7 Å². The van der Waals surface area contributed by atoms with Gasteiger partial charge in [-0.05, 0) is 56.6 Å². The molecule has 27 heavy (non-hydrogen) atoms. The van der Waals surface area contributed by atoms with Gasteiger partial charge in [-0.2, -0.15) is 5.10 Å². The van der Waals surface area contributed by atoms with Crippen LogP contribution in [0.3, 0.4) is 0 Å². The first kappa shape index (κ1) is 19.1. The molecule has 0 aliphatic heterocycles. The smallest absolute Gasteiger partial charge is 0.171 e. The fourth-order valence-electron chi connectivity index (χ4n) is 3.15. The van der Waals surface area contributed by atoms with Crippen molar-refractivity contribution in [1.82, 2.24) is 15.1 Å². The van der Waals surface area contributed by atoms with E-state index in [1.54, 1.807) is 0 Å². The van der Waals surface area contributed by atoms with E-state index in [0.717, 1.165) is 23.6 Å². The largest absolute Gasteiger partial charge is 0.356 e. The molecular weight excluding hydrogens is 352 g/mol.